The number of hydrogen-bond acceptors (Lipinski definition) is 3. The molecular weight excluding hydrogens is 397 g/mol. The zero-order valence-electron chi connectivity index (χ0n) is 9.82. The molecule has 0 saturated carbocycles. The zero-order valence-corrected chi connectivity index (χ0v) is 13.8. The second kappa shape index (κ2) is 6.45. The number of rotatable bonds is 4. The van der Waals surface area contributed by atoms with Crippen LogP contribution >= 0.6 is 43.2 Å². The largest absolute Gasteiger partial charge is 0.387 e. The van der Waals surface area contributed by atoms with Crippen molar-refractivity contribution in [3.05, 3.63) is 54.8 Å². The van der Waals surface area contributed by atoms with Crippen molar-refractivity contribution < 1.29 is 9.50 Å². The Labute approximate surface area is 131 Å². The van der Waals surface area contributed by atoms with Gasteiger partial charge in [0.1, 0.15) is 5.82 Å². The molecule has 1 aromatic heterocycles. The molecule has 0 aliphatic heterocycles. The van der Waals surface area contributed by atoms with Gasteiger partial charge >= 0.3 is 0 Å². The van der Waals surface area contributed by atoms with Crippen LogP contribution in [0.5, 0.6) is 0 Å². The highest BCUT2D eigenvalue weighted by Crippen LogP contribution is 2.40. The van der Waals surface area contributed by atoms with E-state index in [2.05, 4.69) is 31.9 Å². The summed E-state index contributed by atoms with van der Waals surface area (Å²) in [6.07, 6.45) is -0.825. The fraction of sp³-hybridized carbons (Fsp3) is 0.231. The van der Waals surface area contributed by atoms with Gasteiger partial charge in [-0.1, -0.05) is 18.2 Å². The van der Waals surface area contributed by atoms with Crippen LogP contribution in [0.2, 0.25) is 0 Å². The number of aliphatic hydroxyl groups is 1. The van der Waals surface area contributed by atoms with E-state index in [1.807, 2.05) is 6.07 Å². The van der Waals surface area contributed by atoms with Crippen molar-refractivity contribution in [1.82, 2.24) is 0 Å². The van der Waals surface area contributed by atoms with Crippen molar-refractivity contribution >= 4 is 43.2 Å². The average Bonchev–Trinajstić information content (AvgIpc) is 2.73. The van der Waals surface area contributed by atoms with Crippen LogP contribution in [0.15, 0.2) is 38.6 Å². The van der Waals surface area contributed by atoms with E-state index in [0.29, 0.717) is 5.56 Å². The SMILES string of the molecule is NCC(c1ccccc1F)C(O)c1cc(Br)c(Br)s1. The number of hydrogen-bond donors (Lipinski definition) is 2. The van der Waals surface area contributed by atoms with Crippen molar-refractivity contribution in [2.45, 2.75) is 12.0 Å². The Bertz CT molecular complexity index is 556. The van der Waals surface area contributed by atoms with Gasteiger partial charge in [0.2, 0.25) is 0 Å². The lowest BCUT2D eigenvalue weighted by molar-refractivity contribution is 0.149. The molecule has 19 heavy (non-hydrogen) atoms. The number of halogens is 3. The van der Waals surface area contributed by atoms with E-state index < -0.39 is 12.0 Å². The van der Waals surface area contributed by atoms with Gasteiger partial charge in [-0.2, -0.15) is 0 Å². The normalized spacial score (nSPS) is 14.4. The number of aliphatic hydroxyl groups excluding tert-OH is 1. The van der Waals surface area contributed by atoms with Gasteiger partial charge in [0, 0.05) is 21.8 Å². The van der Waals surface area contributed by atoms with Gasteiger partial charge in [0.25, 0.3) is 0 Å². The maximum Gasteiger partial charge on any atom is 0.126 e. The molecule has 0 saturated heterocycles. The van der Waals surface area contributed by atoms with Crippen molar-refractivity contribution in [3.8, 4) is 0 Å². The Morgan fingerprint density at radius 1 is 1.32 bits per heavy atom. The van der Waals surface area contributed by atoms with Gasteiger partial charge in [0.05, 0.1) is 9.89 Å². The molecule has 2 rings (SSSR count). The first-order valence-electron chi connectivity index (χ1n) is 5.62. The monoisotopic (exact) mass is 407 g/mol. The van der Waals surface area contributed by atoms with Crippen LogP contribution in [-0.2, 0) is 0 Å². The van der Waals surface area contributed by atoms with Crippen LogP contribution in [0.1, 0.15) is 22.5 Å². The quantitative estimate of drug-likeness (QED) is 0.796. The molecule has 2 atom stereocenters. The Morgan fingerprint density at radius 2 is 2.00 bits per heavy atom. The minimum absolute atomic E-state index is 0.176. The second-order valence-electron chi connectivity index (χ2n) is 4.08. The summed E-state index contributed by atoms with van der Waals surface area (Å²) in [5.41, 5.74) is 6.15. The van der Waals surface area contributed by atoms with Gasteiger partial charge in [-0.25, -0.2) is 4.39 Å². The van der Waals surface area contributed by atoms with E-state index in [9.17, 15) is 9.50 Å². The standard InChI is InChI=1S/C13H12Br2FNOS/c14-9-5-11(19-13(9)15)12(18)8(6-17)7-3-1-2-4-10(7)16/h1-5,8,12,18H,6,17H2. The highest BCUT2D eigenvalue weighted by Gasteiger charge is 2.25. The predicted molar refractivity (Wildman–Crippen MR) is 82.9 cm³/mol. The molecule has 0 bridgehead atoms. The molecular formula is C13H12Br2FNOS. The van der Waals surface area contributed by atoms with Gasteiger partial charge in [-0.3, -0.25) is 0 Å². The highest BCUT2D eigenvalue weighted by molar-refractivity contribution is 9.13. The summed E-state index contributed by atoms with van der Waals surface area (Å²) in [5, 5.41) is 10.4. The topological polar surface area (TPSA) is 46.2 Å². The molecule has 2 unspecified atom stereocenters. The summed E-state index contributed by atoms with van der Waals surface area (Å²) >= 11 is 8.16. The lowest BCUT2D eigenvalue weighted by Gasteiger charge is -2.21. The molecule has 0 aliphatic rings. The Kier molecular flexibility index (Phi) is 5.14. The molecule has 3 N–H and O–H groups in total. The number of nitrogens with two attached hydrogens (primary N) is 1. The van der Waals surface area contributed by atoms with E-state index in [-0.39, 0.29) is 12.4 Å². The third-order valence-corrected chi connectivity index (χ3v) is 6.22. The Balaban J connectivity index is 2.34. The first-order chi connectivity index (χ1) is 9.04. The lowest BCUT2D eigenvalue weighted by Crippen LogP contribution is -2.20. The summed E-state index contributed by atoms with van der Waals surface area (Å²) in [5.74, 6) is -0.801. The van der Waals surface area contributed by atoms with E-state index in [1.54, 1.807) is 18.2 Å². The van der Waals surface area contributed by atoms with Gasteiger partial charge in [0.15, 0.2) is 0 Å². The minimum atomic E-state index is -0.825. The molecule has 1 aromatic carbocycles. The molecule has 0 fully saturated rings. The molecule has 102 valence electrons. The number of benzene rings is 1. The van der Waals surface area contributed by atoms with Crippen LogP contribution < -0.4 is 5.73 Å². The summed E-state index contributed by atoms with van der Waals surface area (Å²) < 4.78 is 15.6. The van der Waals surface area contributed by atoms with E-state index in [1.165, 1.54) is 17.4 Å². The Hall–Kier alpha value is -0.270. The summed E-state index contributed by atoms with van der Waals surface area (Å²) in [6, 6.07) is 8.23. The average molecular weight is 409 g/mol. The lowest BCUT2D eigenvalue weighted by atomic mass is 9.92. The predicted octanol–water partition coefficient (Wildman–Crippen LogP) is 4.19. The van der Waals surface area contributed by atoms with Crippen molar-refractivity contribution in [3.63, 3.8) is 0 Å². The second-order valence-corrected chi connectivity index (χ2v) is 7.33. The van der Waals surface area contributed by atoms with E-state index >= 15 is 0 Å². The summed E-state index contributed by atoms with van der Waals surface area (Å²) in [7, 11) is 0. The van der Waals surface area contributed by atoms with Crippen molar-refractivity contribution in [1.29, 1.82) is 0 Å². The molecule has 6 heteroatoms. The number of thiophene rings is 1. The van der Waals surface area contributed by atoms with Crippen LogP contribution in [0.3, 0.4) is 0 Å². The maximum atomic E-state index is 13.8. The van der Waals surface area contributed by atoms with Crippen LogP contribution in [-0.4, -0.2) is 11.7 Å². The minimum Gasteiger partial charge on any atom is -0.387 e. The first kappa shape index (κ1) is 15.1. The van der Waals surface area contributed by atoms with Gasteiger partial charge in [-0.05, 0) is 49.6 Å². The van der Waals surface area contributed by atoms with Gasteiger partial charge in [-0.15, -0.1) is 11.3 Å². The van der Waals surface area contributed by atoms with Crippen molar-refractivity contribution in [2.24, 2.45) is 5.73 Å². The van der Waals surface area contributed by atoms with E-state index in [4.69, 9.17) is 5.73 Å². The fourth-order valence-corrected chi connectivity index (χ4v) is 4.05. The highest BCUT2D eigenvalue weighted by atomic mass is 79.9. The molecule has 0 radical (unpaired) electrons. The summed E-state index contributed by atoms with van der Waals surface area (Å²) in [4.78, 5) is 0.748. The zero-order chi connectivity index (χ0) is 14.0. The van der Waals surface area contributed by atoms with Crippen molar-refractivity contribution in [2.75, 3.05) is 6.54 Å². The van der Waals surface area contributed by atoms with Crippen LogP contribution in [0, 0.1) is 5.82 Å². The smallest absolute Gasteiger partial charge is 0.126 e. The van der Waals surface area contributed by atoms with E-state index in [0.717, 1.165) is 13.1 Å². The molecule has 2 aromatic rings. The molecule has 2 nitrogen and oxygen atoms in total. The third-order valence-electron chi connectivity index (χ3n) is 2.90. The van der Waals surface area contributed by atoms with Crippen LogP contribution in [0.4, 0.5) is 4.39 Å². The third kappa shape index (κ3) is 3.25. The van der Waals surface area contributed by atoms with Gasteiger partial charge < -0.3 is 10.8 Å². The first-order valence-corrected chi connectivity index (χ1v) is 8.02. The molecule has 0 aliphatic carbocycles. The molecule has 0 amide bonds. The molecule has 1 heterocycles. The van der Waals surface area contributed by atoms with Crippen LogP contribution in [0.25, 0.3) is 0 Å². The summed E-state index contributed by atoms with van der Waals surface area (Å²) in [6.45, 7) is 0.176. The molecule has 0 spiro atoms. The Morgan fingerprint density at radius 3 is 2.53 bits per heavy atom. The maximum absolute atomic E-state index is 13.8. The fourth-order valence-electron chi connectivity index (χ4n) is 1.91.